The monoisotopic (exact) mass is 318 g/mol. The molecular formula is C15H15BrN2O. The first-order chi connectivity index (χ1) is 9.24. The second kappa shape index (κ2) is 5.29. The Balaban J connectivity index is 1.86. The molecule has 0 aliphatic heterocycles. The van der Waals surface area contributed by atoms with Crippen molar-refractivity contribution >= 4 is 15.9 Å². The van der Waals surface area contributed by atoms with Crippen LogP contribution in [0, 0.1) is 0 Å². The first-order valence-corrected chi connectivity index (χ1v) is 7.34. The van der Waals surface area contributed by atoms with Crippen molar-refractivity contribution in [1.82, 2.24) is 9.97 Å². The lowest BCUT2D eigenvalue weighted by molar-refractivity contribution is 0.303. The Bertz CT molecular complexity index is 579. The van der Waals surface area contributed by atoms with Crippen LogP contribution in [0.2, 0.25) is 0 Å². The number of benzene rings is 1. The summed E-state index contributed by atoms with van der Waals surface area (Å²) in [5.74, 6) is 1.79. The van der Waals surface area contributed by atoms with Crippen molar-refractivity contribution in [3.8, 4) is 17.0 Å². The molecule has 1 aromatic carbocycles. The fourth-order valence-electron chi connectivity index (χ4n) is 1.85. The van der Waals surface area contributed by atoms with Crippen LogP contribution in [0.25, 0.3) is 11.3 Å². The van der Waals surface area contributed by atoms with Crippen molar-refractivity contribution in [2.45, 2.75) is 32.3 Å². The molecule has 0 N–H and O–H groups in total. The zero-order chi connectivity index (χ0) is 13.2. The van der Waals surface area contributed by atoms with Gasteiger partial charge in [-0.1, -0.05) is 6.92 Å². The van der Waals surface area contributed by atoms with Crippen LogP contribution in [0.15, 0.2) is 34.9 Å². The topological polar surface area (TPSA) is 35.0 Å². The Labute approximate surface area is 121 Å². The molecule has 0 saturated heterocycles. The number of aromatic nitrogens is 2. The Morgan fingerprint density at radius 2 is 1.95 bits per heavy atom. The van der Waals surface area contributed by atoms with Gasteiger partial charge in [-0.25, -0.2) is 9.97 Å². The summed E-state index contributed by atoms with van der Waals surface area (Å²) in [6, 6.07) is 10.1. The second-order valence-electron chi connectivity index (χ2n) is 4.69. The largest absolute Gasteiger partial charge is 0.490 e. The number of aryl methyl sites for hydroxylation is 1. The van der Waals surface area contributed by atoms with E-state index in [9.17, 15) is 0 Å². The van der Waals surface area contributed by atoms with Crippen LogP contribution in [-0.2, 0) is 6.42 Å². The van der Waals surface area contributed by atoms with Crippen LogP contribution < -0.4 is 4.74 Å². The van der Waals surface area contributed by atoms with Gasteiger partial charge in [0.05, 0.1) is 11.8 Å². The Hall–Kier alpha value is -1.42. The number of hydrogen-bond donors (Lipinski definition) is 0. The van der Waals surface area contributed by atoms with Crippen molar-refractivity contribution in [1.29, 1.82) is 0 Å². The van der Waals surface area contributed by atoms with Crippen LogP contribution in [0.1, 0.15) is 25.6 Å². The third-order valence-corrected chi connectivity index (χ3v) is 3.44. The average Bonchev–Trinajstić information content (AvgIpc) is 3.23. The van der Waals surface area contributed by atoms with E-state index in [1.807, 2.05) is 30.3 Å². The van der Waals surface area contributed by atoms with E-state index in [0.717, 1.165) is 33.9 Å². The molecule has 1 aliphatic rings. The van der Waals surface area contributed by atoms with Gasteiger partial charge in [-0.05, 0) is 59.1 Å². The first kappa shape index (κ1) is 12.6. The molecule has 0 radical (unpaired) electrons. The molecule has 0 atom stereocenters. The van der Waals surface area contributed by atoms with Gasteiger partial charge in [0.2, 0.25) is 0 Å². The van der Waals surface area contributed by atoms with Gasteiger partial charge in [0.15, 0.2) is 0 Å². The standard InChI is InChI=1S/C15H15BrN2O/c1-2-15-17-13(9-14(16)18-15)10-3-5-11(6-4-10)19-12-7-8-12/h3-6,9,12H,2,7-8H2,1H3. The van der Waals surface area contributed by atoms with E-state index in [2.05, 4.69) is 32.8 Å². The van der Waals surface area contributed by atoms with Crippen molar-refractivity contribution in [2.75, 3.05) is 0 Å². The summed E-state index contributed by atoms with van der Waals surface area (Å²) in [5.41, 5.74) is 2.03. The van der Waals surface area contributed by atoms with Crippen LogP contribution in [0.5, 0.6) is 5.75 Å². The van der Waals surface area contributed by atoms with E-state index in [0.29, 0.717) is 6.10 Å². The third-order valence-electron chi connectivity index (χ3n) is 3.03. The zero-order valence-electron chi connectivity index (χ0n) is 10.8. The SMILES string of the molecule is CCc1nc(Br)cc(-c2ccc(OC3CC3)cc2)n1. The minimum atomic E-state index is 0.436. The lowest BCUT2D eigenvalue weighted by Crippen LogP contribution is -1.97. The summed E-state index contributed by atoms with van der Waals surface area (Å²) in [4.78, 5) is 8.87. The molecule has 1 saturated carbocycles. The average molecular weight is 319 g/mol. The molecule has 19 heavy (non-hydrogen) atoms. The highest BCUT2D eigenvalue weighted by Crippen LogP contribution is 2.28. The molecule has 98 valence electrons. The third kappa shape index (κ3) is 3.13. The van der Waals surface area contributed by atoms with E-state index in [4.69, 9.17) is 4.74 Å². The first-order valence-electron chi connectivity index (χ1n) is 6.55. The Morgan fingerprint density at radius 1 is 1.21 bits per heavy atom. The molecule has 3 nitrogen and oxygen atoms in total. The van der Waals surface area contributed by atoms with Crippen molar-refractivity contribution in [3.63, 3.8) is 0 Å². The molecule has 2 aromatic rings. The van der Waals surface area contributed by atoms with Crippen LogP contribution in [0.4, 0.5) is 0 Å². The summed E-state index contributed by atoms with van der Waals surface area (Å²) in [6.45, 7) is 2.05. The number of rotatable bonds is 4. The molecule has 0 amide bonds. The van der Waals surface area contributed by atoms with Crippen molar-refractivity contribution in [3.05, 3.63) is 40.8 Å². The maximum atomic E-state index is 5.74. The zero-order valence-corrected chi connectivity index (χ0v) is 12.4. The maximum absolute atomic E-state index is 5.74. The fourth-order valence-corrected chi connectivity index (χ4v) is 2.27. The number of halogens is 1. The van der Waals surface area contributed by atoms with Gasteiger partial charge in [-0.2, -0.15) is 0 Å². The number of hydrogen-bond acceptors (Lipinski definition) is 3. The van der Waals surface area contributed by atoms with Gasteiger partial charge in [0, 0.05) is 12.0 Å². The lowest BCUT2D eigenvalue weighted by Gasteiger charge is -2.07. The summed E-state index contributed by atoms with van der Waals surface area (Å²) in [7, 11) is 0. The summed E-state index contributed by atoms with van der Waals surface area (Å²) in [6.07, 6.45) is 3.63. The molecule has 3 rings (SSSR count). The van der Waals surface area contributed by atoms with Gasteiger partial charge < -0.3 is 4.74 Å². The predicted molar refractivity (Wildman–Crippen MR) is 78.2 cm³/mol. The molecular weight excluding hydrogens is 304 g/mol. The molecule has 0 unspecified atom stereocenters. The van der Waals surface area contributed by atoms with Gasteiger partial charge in [0.25, 0.3) is 0 Å². The van der Waals surface area contributed by atoms with Gasteiger partial charge in [-0.3, -0.25) is 0 Å². The van der Waals surface area contributed by atoms with E-state index in [-0.39, 0.29) is 0 Å². The van der Waals surface area contributed by atoms with Gasteiger partial charge in [-0.15, -0.1) is 0 Å². The lowest BCUT2D eigenvalue weighted by atomic mass is 10.1. The van der Waals surface area contributed by atoms with E-state index < -0.39 is 0 Å². The highest BCUT2D eigenvalue weighted by atomic mass is 79.9. The Kier molecular flexibility index (Phi) is 3.51. The molecule has 0 bridgehead atoms. The molecule has 1 fully saturated rings. The maximum Gasteiger partial charge on any atom is 0.130 e. The van der Waals surface area contributed by atoms with E-state index in [1.165, 1.54) is 12.8 Å². The second-order valence-corrected chi connectivity index (χ2v) is 5.50. The van der Waals surface area contributed by atoms with E-state index >= 15 is 0 Å². The number of nitrogens with zero attached hydrogens (tertiary/aromatic N) is 2. The quantitative estimate of drug-likeness (QED) is 0.799. The molecule has 0 spiro atoms. The normalized spacial score (nSPS) is 14.4. The van der Waals surface area contributed by atoms with Crippen LogP contribution in [-0.4, -0.2) is 16.1 Å². The molecule has 1 heterocycles. The Morgan fingerprint density at radius 3 is 2.58 bits per heavy atom. The van der Waals surface area contributed by atoms with Crippen molar-refractivity contribution in [2.24, 2.45) is 0 Å². The predicted octanol–water partition coefficient (Wildman–Crippen LogP) is 4.01. The van der Waals surface area contributed by atoms with Crippen molar-refractivity contribution < 1.29 is 4.74 Å². The van der Waals surface area contributed by atoms with Crippen LogP contribution in [0.3, 0.4) is 0 Å². The highest BCUT2D eigenvalue weighted by molar-refractivity contribution is 9.10. The molecule has 1 aromatic heterocycles. The fraction of sp³-hybridized carbons (Fsp3) is 0.333. The minimum Gasteiger partial charge on any atom is -0.490 e. The number of ether oxygens (including phenoxy) is 1. The molecule has 1 aliphatic carbocycles. The van der Waals surface area contributed by atoms with Crippen LogP contribution >= 0.6 is 15.9 Å². The van der Waals surface area contributed by atoms with Gasteiger partial charge in [0.1, 0.15) is 16.2 Å². The summed E-state index contributed by atoms with van der Waals surface area (Å²) >= 11 is 3.43. The summed E-state index contributed by atoms with van der Waals surface area (Å²) < 4.78 is 6.57. The van der Waals surface area contributed by atoms with E-state index in [1.54, 1.807) is 0 Å². The van der Waals surface area contributed by atoms with Gasteiger partial charge >= 0.3 is 0 Å². The minimum absolute atomic E-state index is 0.436. The molecule has 4 heteroatoms. The highest BCUT2D eigenvalue weighted by Gasteiger charge is 2.23. The smallest absolute Gasteiger partial charge is 0.130 e. The summed E-state index contributed by atoms with van der Waals surface area (Å²) in [5, 5.41) is 0.